The second-order valence-corrected chi connectivity index (χ2v) is 14.1. The first kappa shape index (κ1) is 30.5. The van der Waals surface area contributed by atoms with E-state index in [1.165, 1.54) is 32.3 Å². The molecule has 12 aliphatic rings. The van der Waals surface area contributed by atoms with Crippen LogP contribution < -0.4 is 9.47 Å². The molecule has 10 aromatic carbocycles. The number of benzene rings is 10. The molecule has 0 spiro atoms. The molecule has 12 heterocycles. The van der Waals surface area contributed by atoms with Crippen molar-refractivity contribution < 1.29 is 9.47 Å². The highest BCUT2D eigenvalue weighted by molar-refractivity contribution is 6.24. The summed E-state index contributed by atoms with van der Waals surface area (Å²) in [6.45, 7) is 0. The Bertz CT molecular complexity index is 2750. The first-order valence-electron chi connectivity index (χ1n) is 18.4. The zero-order chi connectivity index (χ0) is 35.6. The molecule has 252 valence electrons. The lowest BCUT2D eigenvalue weighted by Crippen LogP contribution is -1.93. The molecule has 0 aromatic heterocycles. The van der Waals surface area contributed by atoms with E-state index in [0.717, 1.165) is 78.6 Å². The standard InChI is InChI=1S/C52H32O2/c1-5-13-47-43(9-1)35-21-17-33(18-22-35)34-19-23-36(24-20-34)44-10-2-6-14-48(44)54-50-16-8-4-12-46(50)42-31-39-27-25-37-29-41(45-11-3-7-15-49(45)53-47)30-38-26-28-40(32-42)52(39)51(37)38/h1-32H. The van der Waals surface area contributed by atoms with Crippen molar-refractivity contribution in [3.8, 4) is 78.6 Å². The van der Waals surface area contributed by atoms with Gasteiger partial charge in [-0.15, -0.1) is 0 Å². The van der Waals surface area contributed by atoms with Crippen LogP contribution in [0.25, 0.3) is 88.0 Å². The molecular weight excluding hydrogens is 657 g/mol. The molecule has 0 amide bonds. The van der Waals surface area contributed by atoms with Gasteiger partial charge in [-0.25, -0.2) is 0 Å². The van der Waals surface area contributed by atoms with Crippen molar-refractivity contribution in [2.75, 3.05) is 0 Å². The second-order valence-electron chi connectivity index (χ2n) is 14.1. The second kappa shape index (κ2) is 12.2. The van der Waals surface area contributed by atoms with Gasteiger partial charge in [-0.3, -0.25) is 0 Å². The highest BCUT2D eigenvalue weighted by Gasteiger charge is 2.18. The molecule has 0 atom stereocenters. The van der Waals surface area contributed by atoms with Crippen molar-refractivity contribution in [1.29, 1.82) is 0 Å². The maximum Gasteiger partial charge on any atom is 0.135 e. The third-order valence-corrected chi connectivity index (χ3v) is 10.9. The van der Waals surface area contributed by atoms with E-state index >= 15 is 0 Å². The zero-order valence-corrected chi connectivity index (χ0v) is 29.3. The van der Waals surface area contributed by atoms with Crippen LogP contribution in [0.2, 0.25) is 0 Å². The monoisotopic (exact) mass is 688 g/mol. The van der Waals surface area contributed by atoms with E-state index in [1.807, 2.05) is 24.3 Å². The number of rotatable bonds is 0. The Balaban J connectivity index is 1.14. The molecule has 0 saturated carbocycles. The Morgan fingerprint density at radius 2 is 0.481 bits per heavy atom. The average Bonchev–Trinajstić information content (AvgIpc) is 3.23. The van der Waals surface area contributed by atoms with Gasteiger partial charge in [0.05, 0.1) is 0 Å². The third kappa shape index (κ3) is 5.03. The fraction of sp³-hybridized carbons (Fsp3) is 0. The van der Waals surface area contributed by atoms with Crippen LogP contribution in [0.15, 0.2) is 194 Å². The van der Waals surface area contributed by atoms with Crippen LogP contribution in [-0.4, -0.2) is 0 Å². The highest BCUT2D eigenvalue weighted by atomic mass is 16.5. The molecule has 22 rings (SSSR count). The minimum atomic E-state index is 0.819. The normalized spacial score (nSPS) is 12.0. The zero-order valence-electron chi connectivity index (χ0n) is 29.3. The Morgan fingerprint density at radius 1 is 0.222 bits per heavy atom. The van der Waals surface area contributed by atoms with E-state index in [9.17, 15) is 0 Å². The van der Waals surface area contributed by atoms with Crippen molar-refractivity contribution in [1.82, 2.24) is 0 Å². The van der Waals surface area contributed by atoms with Crippen LogP contribution in [0, 0.1) is 0 Å². The summed E-state index contributed by atoms with van der Waals surface area (Å²) in [6, 6.07) is 69.1. The summed E-state index contributed by atoms with van der Waals surface area (Å²) in [5.41, 5.74) is 10.9. The van der Waals surface area contributed by atoms with Gasteiger partial charge < -0.3 is 9.47 Å². The lowest BCUT2D eigenvalue weighted by Gasteiger charge is -2.18. The summed E-state index contributed by atoms with van der Waals surface area (Å²) in [7, 11) is 0. The van der Waals surface area contributed by atoms with Gasteiger partial charge in [-0.2, -0.15) is 0 Å². The third-order valence-electron chi connectivity index (χ3n) is 10.9. The predicted octanol–water partition coefficient (Wildman–Crippen LogP) is 14.8. The van der Waals surface area contributed by atoms with Crippen LogP contribution in [0.3, 0.4) is 0 Å². The lowest BCUT2D eigenvalue weighted by atomic mass is 9.89. The summed E-state index contributed by atoms with van der Waals surface area (Å²) in [6.07, 6.45) is 0. The largest absolute Gasteiger partial charge is 0.456 e. The maximum atomic E-state index is 6.83. The number of hydrogen-bond acceptors (Lipinski definition) is 2. The molecular formula is C52H32O2. The maximum absolute atomic E-state index is 6.83. The predicted molar refractivity (Wildman–Crippen MR) is 224 cm³/mol. The quantitative estimate of drug-likeness (QED) is 0.148. The summed E-state index contributed by atoms with van der Waals surface area (Å²) in [5.74, 6) is 3.28. The van der Waals surface area contributed by atoms with E-state index in [-0.39, 0.29) is 0 Å². The molecule has 12 bridgehead atoms. The van der Waals surface area contributed by atoms with Crippen molar-refractivity contribution in [2.24, 2.45) is 0 Å². The molecule has 0 aliphatic carbocycles. The van der Waals surface area contributed by atoms with Gasteiger partial charge in [-0.1, -0.05) is 146 Å². The van der Waals surface area contributed by atoms with Crippen LogP contribution in [0.5, 0.6) is 23.0 Å². The molecule has 0 saturated heterocycles. The summed E-state index contributed by atoms with van der Waals surface area (Å²) < 4.78 is 13.7. The lowest BCUT2D eigenvalue weighted by molar-refractivity contribution is 0.486. The average molecular weight is 689 g/mol. The van der Waals surface area contributed by atoms with Gasteiger partial charge in [0.15, 0.2) is 0 Å². The first-order chi connectivity index (χ1) is 26.7. The van der Waals surface area contributed by atoms with Gasteiger partial charge in [-0.05, 0) is 114 Å². The molecule has 12 aliphatic heterocycles. The molecule has 0 N–H and O–H groups in total. The van der Waals surface area contributed by atoms with Gasteiger partial charge in [0, 0.05) is 22.3 Å². The Morgan fingerprint density at radius 3 is 0.796 bits per heavy atom. The van der Waals surface area contributed by atoms with E-state index < -0.39 is 0 Å². The SMILES string of the molecule is c1ccc2c(c1)Oc1ccccc1-c1cc3ccc4cc(cc5ccc(c1)c3c45)-c1ccccc1Oc1ccccc1-c1ccc(cc1)-c1ccc-2cc1. The number of para-hydroxylation sites is 4. The number of ether oxygens (including phenoxy) is 2. The van der Waals surface area contributed by atoms with Crippen molar-refractivity contribution >= 4 is 32.3 Å². The van der Waals surface area contributed by atoms with Crippen LogP contribution in [0.4, 0.5) is 0 Å². The fourth-order valence-corrected chi connectivity index (χ4v) is 8.25. The van der Waals surface area contributed by atoms with E-state index in [0.29, 0.717) is 0 Å². The Kier molecular flexibility index (Phi) is 6.90. The highest BCUT2D eigenvalue weighted by Crippen LogP contribution is 2.45. The molecule has 2 heteroatoms. The van der Waals surface area contributed by atoms with E-state index in [4.69, 9.17) is 9.47 Å². The smallest absolute Gasteiger partial charge is 0.135 e. The summed E-state index contributed by atoms with van der Waals surface area (Å²) in [4.78, 5) is 0. The van der Waals surface area contributed by atoms with Crippen molar-refractivity contribution in [2.45, 2.75) is 0 Å². The van der Waals surface area contributed by atoms with Crippen LogP contribution >= 0.6 is 0 Å². The molecule has 10 aromatic rings. The molecule has 54 heavy (non-hydrogen) atoms. The van der Waals surface area contributed by atoms with E-state index in [2.05, 4.69) is 170 Å². The van der Waals surface area contributed by atoms with Crippen LogP contribution in [0.1, 0.15) is 0 Å². The minimum absolute atomic E-state index is 0.819. The van der Waals surface area contributed by atoms with Crippen molar-refractivity contribution in [3.05, 3.63) is 194 Å². The molecule has 0 radical (unpaired) electrons. The van der Waals surface area contributed by atoms with Crippen LogP contribution in [-0.2, 0) is 0 Å². The molecule has 0 fully saturated rings. The first-order valence-corrected chi connectivity index (χ1v) is 18.4. The summed E-state index contributed by atoms with van der Waals surface area (Å²) >= 11 is 0. The minimum Gasteiger partial charge on any atom is -0.456 e. The van der Waals surface area contributed by atoms with Crippen molar-refractivity contribution in [3.63, 3.8) is 0 Å². The van der Waals surface area contributed by atoms with Gasteiger partial charge >= 0.3 is 0 Å². The summed E-state index contributed by atoms with van der Waals surface area (Å²) in [5, 5.41) is 7.38. The van der Waals surface area contributed by atoms with Gasteiger partial charge in [0.25, 0.3) is 0 Å². The number of hydrogen-bond donors (Lipinski definition) is 0. The molecule has 2 nitrogen and oxygen atoms in total. The van der Waals surface area contributed by atoms with Gasteiger partial charge in [0.1, 0.15) is 23.0 Å². The van der Waals surface area contributed by atoms with Gasteiger partial charge in [0.2, 0.25) is 0 Å². The Hall–Kier alpha value is -7.16. The molecule has 0 unspecified atom stereocenters. The Labute approximate surface area is 313 Å². The fourth-order valence-electron chi connectivity index (χ4n) is 8.25. The van der Waals surface area contributed by atoms with E-state index in [1.54, 1.807) is 0 Å². The topological polar surface area (TPSA) is 18.5 Å².